The topological polar surface area (TPSA) is 46.1 Å². The van der Waals surface area contributed by atoms with E-state index in [2.05, 4.69) is 20.9 Å². The highest BCUT2D eigenvalue weighted by molar-refractivity contribution is 5.95. The fourth-order valence-corrected chi connectivity index (χ4v) is 3.69. The van der Waals surface area contributed by atoms with Gasteiger partial charge in [-0.25, -0.2) is 14.4 Å². The highest BCUT2D eigenvalue weighted by Crippen LogP contribution is 2.19. The Bertz CT molecular complexity index is 790. The van der Waals surface area contributed by atoms with Gasteiger partial charge in [-0.1, -0.05) is 31.8 Å². The molecule has 0 spiro atoms. The van der Waals surface area contributed by atoms with Gasteiger partial charge in [-0.05, 0) is 61.7 Å². The molecule has 1 aliphatic rings. The molecule has 0 aliphatic carbocycles. The van der Waals surface area contributed by atoms with Crippen LogP contribution in [-0.4, -0.2) is 40.3 Å². The number of Topliss-reactive ketones (excluding diaryl/α,β-unsaturated/α-hetero) is 1. The number of rotatable bonds is 11. The number of benzene rings is 1. The molecule has 0 N–H and O–H groups in total. The van der Waals surface area contributed by atoms with Gasteiger partial charge in [0.25, 0.3) is 0 Å². The van der Waals surface area contributed by atoms with Gasteiger partial charge in [0, 0.05) is 37.5 Å². The third kappa shape index (κ3) is 7.17. The first kappa shape index (κ1) is 21.3. The van der Waals surface area contributed by atoms with E-state index in [9.17, 15) is 9.18 Å². The molecule has 1 aliphatic heterocycles. The molecule has 0 radical (unpaired) electrons. The standard InChI is InChI=1S/C24H30FN3O/c25-22-11-9-20(10-12-22)23(29)8-5-3-1-2-4-6-17-28-18-13-21(14-19-28)24-26-15-7-16-27-24/h7,9-13,15-16H,1-6,8,14,17-19H2. The average Bonchev–Trinajstić information content (AvgIpc) is 2.77. The molecule has 0 amide bonds. The average molecular weight is 396 g/mol. The van der Waals surface area contributed by atoms with Gasteiger partial charge in [0.1, 0.15) is 5.82 Å². The number of carbonyl (C=O) groups excluding carboxylic acids is 1. The maximum Gasteiger partial charge on any atom is 0.162 e. The van der Waals surface area contributed by atoms with Gasteiger partial charge in [0.05, 0.1) is 0 Å². The van der Waals surface area contributed by atoms with Crippen LogP contribution >= 0.6 is 0 Å². The summed E-state index contributed by atoms with van der Waals surface area (Å²) in [5.74, 6) is 0.682. The Hall–Kier alpha value is -2.40. The maximum absolute atomic E-state index is 12.9. The third-order valence-corrected chi connectivity index (χ3v) is 5.44. The monoisotopic (exact) mass is 395 g/mol. The minimum absolute atomic E-state index is 0.114. The molecule has 0 saturated carbocycles. The smallest absolute Gasteiger partial charge is 0.162 e. The second kappa shape index (κ2) is 11.6. The van der Waals surface area contributed by atoms with Crippen molar-refractivity contribution in [2.75, 3.05) is 19.6 Å². The summed E-state index contributed by atoms with van der Waals surface area (Å²) in [7, 11) is 0. The lowest BCUT2D eigenvalue weighted by Gasteiger charge is -2.25. The summed E-state index contributed by atoms with van der Waals surface area (Å²) in [6, 6.07) is 7.69. The summed E-state index contributed by atoms with van der Waals surface area (Å²) in [5, 5.41) is 0. The molecule has 0 fully saturated rings. The summed E-state index contributed by atoms with van der Waals surface area (Å²) in [5.41, 5.74) is 1.88. The molecule has 2 aromatic rings. The normalized spacial score (nSPS) is 14.6. The number of carbonyl (C=O) groups is 1. The molecule has 5 heteroatoms. The molecule has 1 aromatic carbocycles. The molecule has 4 nitrogen and oxygen atoms in total. The zero-order chi connectivity index (χ0) is 20.3. The second-order valence-electron chi connectivity index (χ2n) is 7.65. The minimum atomic E-state index is -0.298. The fourth-order valence-electron chi connectivity index (χ4n) is 3.69. The van der Waals surface area contributed by atoms with E-state index in [4.69, 9.17) is 0 Å². The fraction of sp³-hybridized carbons (Fsp3) is 0.458. The zero-order valence-electron chi connectivity index (χ0n) is 17.0. The van der Waals surface area contributed by atoms with Gasteiger partial charge < -0.3 is 0 Å². The highest BCUT2D eigenvalue weighted by Gasteiger charge is 2.13. The maximum atomic E-state index is 12.9. The lowest BCUT2D eigenvalue weighted by Crippen LogP contribution is -2.29. The van der Waals surface area contributed by atoms with Crippen LogP contribution in [0.1, 0.15) is 67.5 Å². The Labute approximate surface area is 172 Å². The first-order chi connectivity index (χ1) is 14.2. The number of nitrogens with zero attached hydrogens (tertiary/aromatic N) is 3. The van der Waals surface area contributed by atoms with Gasteiger partial charge in [-0.15, -0.1) is 0 Å². The quantitative estimate of drug-likeness (QED) is 0.382. The van der Waals surface area contributed by atoms with Gasteiger partial charge in [-0.3, -0.25) is 9.69 Å². The molecule has 29 heavy (non-hydrogen) atoms. The van der Waals surface area contributed by atoms with Crippen molar-refractivity contribution >= 4 is 11.4 Å². The van der Waals surface area contributed by atoms with Crippen molar-refractivity contribution in [3.8, 4) is 0 Å². The largest absolute Gasteiger partial charge is 0.299 e. The molecule has 2 heterocycles. The molecule has 0 saturated heterocycles. The van der Waals surface area contributed by atoms with Crippen LogP contribution in [0.2, 0.25) is 0 Å². The lowest BCUT2D eigenvalue weighted by molar-refractivity contribution is 0.0979. The van der Waals surface area contributed by atoms with Crippen LogP contribution in [-0.2, 0) is 0 Å². The van der Waals surface area contributed by atoms with E-state index in [0.717, 1.165) is 44.7 Å². The molecule has 1 aromatic heterocycles. The third-order valence-electron chi connectivity index (χ3n) is 5.44. The van der Waals surface area contributed by atoms with Crippen molar-refractivity contribution in [3.05, 3.63) is 66.0 Å². The summed E-state index contributed by atoms with van der Waals surface area (Å²) in [4.78, 5) is 23.2. The molecule has 3 rings (SSSR count). The summed E-state index contributed by atoms with van der Waals surface area (Å²) >= 11 is 0. The van der Waals surface area contributed by atoms with Crippen molar-refractivity contribution < 1.29 is 9.18 Å². The van der Waals surface area contributed by atoms with Crippen LogP contribution in [0, 0.1) is 5.82 Å². The molecule has 0 bridgehead atoms. The SMILES string of the molecule is O=C(CCCCCCCCN1CC=C(c2ncccn2)CC1)c1ccc(F)cc1. The van der Waals surface area contributed by atoms with Crippen molar-refractivity contribution in [2.45, 2.75) is 51.4 Å². The van der Waals surface area contributed by atoms with Crippen LogP contribution in [0.5, 0.6) is 0 Å². The Balaban J connectivity index is 1.21. The van der Waals surface area contributed by atoms with Gasteiger partial charge in [0.15, 0.2) is 11.6 Å². The van der Waals surface area contributed by atoms with E-state index in [1.807, 2.05) is 6.07 Å². The molecular formula is C24H30FN3O. The number of unbranched alkanes of at least 4 members (excludes halogenated alkanes) is 5. The predicted octanol–water partition coefficient (Wildman–Crippen LogP) is 5.32. The van der Waals surface area contributed by atoms with E-state index in [0.29, 0.717) is 12.0 Å². The number of aromatic nitrogens is 2. The van der Waals surface area contributed by atoms with E-state index in [-0.39, 0.29) is 11.6 Å². The Morgan fingerprint density at radius 3 is 2.34 bits per heavy atom. The van der Waals surface area contributed by atoms with Crippen LogP contribution < -0.4 is 0 Å². The lowest BCUT2D eigenvalue weighted by atomic mass is 10.0. The van der Waals surface area contributed by atoms with Crippen LogP contribution in [0.15, 0.2) is 48.8 Å². The van der Waals surface area contributed by atoms with E-state index >= 15 is 0 Å². The number of hydrogen-bond donors (Lipinski definition) is 0. The number of ketones is 1. The van der Waals surface area contributed by atoms with Gasteiger partial charge in [0.2, 0.25) is 0 Å². The zero-order valence-corrected chi connectivity index (χ0v) is 17.0. The first-order valence-corrected chi connectivity index (χ1v) is 10.7. The highest BCUT2D eigenvalue weighted by atomic mass is 19.1. The molecule has 0 unspecified atom stereocenters. The van der Waals surface area contributed by atoms with Crippen LogP contribution in [0.4, 0.5) is 4.39 Å². The van der Waals surface area contributed by atoms with Gasteiger partial charge in [-0.2, -0.15) is 0 Å². The number of halogens is 1. The number of hydrogen-bond acceptors (Lipinski definition) is 4. The molecule has 154 valence electrons. The first-order valence-electron chi connectivity index (χ1n) is 10.7. The van der Waals surface area contributed by atoms with Crippen molar-refractivity contribution in [3.63, 3.8) is 0 Å². The van der Waals surface area contributed by atoms with E-state index in [1.54, 1.807) is 24.5 Å². The summed E-state index contributed by atoms with van der Waals surface area (Å²) in [6.45, 7) is 3.21. The van der Waals surface area contributed by atoms with E-state index in [1.165, 1.54) is 43.4 Å². The minimum Gasteiger partial charge on any atom is -0.299 e. The van der Waals surface area contributed by atoms with Crippen molar-refractivity contribution in [1.29, 1.82) is 0 Å². The summed E-state index contributed by atoms with van der Waals surface area (Å²) in [6.07, 6.45) is 14.3. The van der Waals surface area contributed by atoms with Crippen molar-refractivity contribution in [1.82, 2.24) is 14.9 Å². The Morgan fingerprint density at radius 2 is 1.66 bits per heavy atom. The Morgan fingerprint density at radius 1 is 0.966 bits per heavy atom. The summed E-state index contributed by atoms with van der Waals surface area (Å²) < 4.78 is 12.9. The molecular weight excluding hydrogens is 365 g/mol. The van der Waals surface area contributed by atoms with Crippen LogP contribution in [0.25, 0.3) is 5.57 Å². The van der Waals surface area contributed by atoms with E-state index < -0.39 is 0 Å². The van der Waals surface area contributed by atoms with Gasteiger partial charge >= 0.3 is 0 Å². The molecule has 0 atom stereocenters. The second-order valence-corrected chi connectivity index (χ2v) is 7.65. The van der Waals surface area contributed by atoms with Crippen LogP contribution in [0.3, 0.4) is 0 Å². The predicted molar refractivity (Wildman–Crippen MR) is 114 cm³/mol. The van der Waals surface area contributed by atoms with Crippen molar-refractivity contribution in [2.24, 2.45) is 0 Å². The Kier molecular flexibility index (Phi) is 8.50.